The van der Waals surface area contributed by atoms with Crippen molar-refractivity contribution in [3.8, 4) is 11.5 Å². The molecule has 0 aromatic heterocycles. The average Bonchev–Trinajstić information content (AvgIpc) is 2.65. The standard InChI is InChI=1S/C21H20NO4.CH3.U/c1-22-20-12-7-16(13-21(20)26-2)6-11-19(25)14-18(24)10-5-15-3-8-17(23)9-4-15;;/h3-8,10-13,22-23H,14H2,1-2H3;1H3;/q2*-1;+2/b10-5+,11-6+;;. The Morgan fingerprint density at radius 3 is 2.25 bits per heavy atom. The first kappa shape index (κ1) is 25.7. The van der Waals surface area contributed by atoms with E-state index in [9.17, 15) is 9.59 Å². The molecule has 0 bridgehead atoms. The topological polar surface area (TPSA) is 75.6 Å². The van der Waals surface area contributed by atoms with Crippen LogP contribution in [-0.4, -0.2) is 30.8 Å². The number of rotatable bonds is 8. The minimum atomic E-state index is -0.296. The summed E-state index contributed by atoms with van der Waals surface area (Å²) in [5.74, 6) is 0.129. The van der Waals surface area contributed by atoms with Crippen molar-refractivity contribution in [2.45, 2.75) is 6.42 Å². The second-order valence-corrected chi connectivity index (χ2v) is 5.49. The molecule has 6 heteroatoms. The van der Waals surface area contributed by atoms with Gasteiger partial charge in [-0.05, 0) is 29.8 Å². The Bertz CT molecular complexity index is 842. The second kappa shape index (κ2) is 13.0. The number of hydrogen-bond acceptors (Lipinski definition) is 5. The van der Waals surface area contributed by atoms with E-state index in [1.165, 1.54) is 18.2 Å². The molecular weight excluding hydrogens is 580 g/mol. The number of phenolic OH excluding ortho intramolecular Hbond substituents is 1. The Morgan fingerprint density at radius 1 is 1.11 bits per heavy atom. The predicted molar refractivity (Wildman–Crippen MR) is 109 cm³/mol. The van der Waals surface area contributed by atoms with Crippen molar-refractivity contribution in [3.05, 3.63) is 73.2 Å². The number of anilines is 1. The van der Waals surface area contributed by atoms with E-state index in [-0.39, 0.29) is 62.3 Å². The Hall–Kier alpha value is -2.29. The Kier molecular flexibility index (Phi) is 11.9. The number of phenols is 1. The summed E-state index contributed by atoms with van der Waals surface area (Å²) in [7, 11) is 3.37. The largest absolute Gasteiger partial charge is 2.00 e. The van der Waals surface area contributed by atoms with Crippen LogP contribution in [0.15, 0.2) is 48.6 Å². The molecule has 0 aliphatic carbocycles. The molecule has 0 aliphatic rings. The van der Waals surface area contributed by atoms with Crippen LogP contribution in [-0.2, 0) is 9.59 Å². The van der Waals surface area contributed by atoms with Gasteiger partial charge in [-0.3, -0.25) is 9.59 Å². The number of allylic oxidation sites excluding steroid dienone is 2. The van der Waals surface area contributed by atoms with Crippen molar-refractivity contribution in [2.24, 2.45) is 0 Å². The van der Waals surface area contributed by atoms with Crippen LogP contribution < -0.4 is 10.1 Å². The van der Waals surface area contributed by atoms with Crippen molar-refractivity contribution < 1.29 is 50.5 Å². The summed E-state index contributed by atoms with van der Waals surface area (Å²) in [5, 5.41) is 12.2. The van der Waals surface area contributed by atoms with E-state index in [4.69, 9.17) is 9.84 Å². The number of carbonyl (C=O) groups excluding carboxylic acids is 2. The van der Waals surface area contributed by atoms with Gasteiger partial charge < -0.3 is 22.6 Å². The van der Waals surface area contributed by atoms with Gasteiger partial charge in [0.05, 0.1) is 19.2 Å². The number of ether oxygens (including phenoxy) is 1. The summed E-state index contributed by atoms with van der Waals surface area (Å²) in [4.78, 5) is 23.8. The first-order valence-corrected chi connectivity index (χ1v) is 8.00. The van der Waals surface area contributed by atoms with Crippen molar-refractivity contribution in [1.82, 2.24) is 0 Å². The van der Waals surface area contributed by atoms with Gasteiger partial charge in [0, 0.05) is 12.8 Å². The number of carbonyl (C=O) groups is 2. The number of benzene rings is 2. The third kappa shape index (κ3) is 8.16. The van der Waals surface area contributed by atoms with Gasteiger partial charge >= 0.3 is 31.1 Å². The van der Waals surface area contributed by atoms with Gasteiger partial charge in [0.15, 0.2) is 11.6 Å². The summed E-state index contributed by atoms with van der Waals surface area (Å²) in [6.45, 7) is 0. The van der Waals surface area contributed by atoms with Crippen LogP contribution in [0, 0.1) is 44.6 Å². The summed E-state index contributed by atoms with van der Waals surface area (Å²) >= 11 is 0. The van der Waals surface area contributed by atoms with E-state index >= 15 is 0 Å². The maximum absolute atomic E-state index is 11.9. The van der Waals surface area contributed by atoms with Gasteiger partial charge in [0.1, 0.15) is 5.75 Å². The van der Waals surface area contributed by atoms with Crippen LogP contribution in [0.25, 0.3) is 12.2 Å². The molecule has 0 saturated heterocycles. The molecule has 0 fully saturated rings. The summed E-state index contributed by atoms with van der Waals surface area (Å²) < 4.78 is 5.27. The zero-order valence-corrected chi connectivity index (χ0v) is 20.3. The van der Waals surface area contributed by atoms with E-state index < -0.39 is 0 Å². The maximum atomic E-state index is 11.9. The van der Waals surface area contributed by atoms with Crippen LogP contribution in [0.1, 0.15) is 17.5 Å². The molecule has 0 amide bonds. The third-order valence-electron chi connectivity index (χ3n) is 3.59. The molecule has 0 aliphatic heterocycles. The fraction of sp³-hybridized carbons (Fsp3) is 0.136. The van der Waals surface area contributed by atoms with Crippen LogP contribution in [0.3, 0.4) is 0 Å². The summed E-state index contributed by atoms with van der Waals surface area (Å²) in [6, 6.07) is 12.8. The average molecular weight is 603 g/mol. The van der Waals surface area contributed by atoms with Gasteiger partial charge in [0.2, 0.25) is 0 Å². The van der Waals surface area contributed by atoms with Crippen LogP contribution >= 0.6 is 0 Å². The van der Waals surface area contributed by atoms with Gasteiger partial charge in [-0.2, -0.15) is 12.1 Å². The van der Waals surface area contributed by atoms with Gasteiger partial charge in [-0.1, -0.05) is 12.1 Å². The molecule has 0 spiro atoms. The molecule has 2 rings (SSSR count). The quantitative estimate of drug-likeness (QED) is 0.272. The minimum Gasteiger partial charge on any atom is -0.534 e. The van der Waals surface area contributed by atoms with Crippen molar-refractivity contribution in [1.29, 1.82) is 0 Å². The first-order valence-electron chi connectivity index (χ1n) is 8.00. The fourth-order valence-electron chi connectivity index (χ4n) is 2.22. The van der Waals surface area contributed by atoms with Crippen LogP contribution in [0.5, 0.6) is 11.5 Å². The predicted octanol–water partition coefficient (Wildman–Crippen LogP) is 3.95. The monoisotopic (exact) mass is 603 g/mol. The normalized spacial score (nSPS) is 10.2. The molecule has 0 heterocycles. The molecule has 0 radical (unpaired) electrons. The molecule has 0 saturated carbocycles. The Morgan fingerprint density at radius 2 is 1.71 bits per heavy atom. The number of ketones is 2. The molecule has 144 valence electrons. The van der Waals surface area contributed by atoms with Gasteiger partial charge in [0.25, 0.3) is 0 Å². The van der Waals surface area contributed by atoms with E-state index in [0.717, 1.165) is 16.8 Å². The molecule has 2 aromatic carbocycles. The number of hydrogen-bond donors (Lipinski definition) is 2. The zero-order chi connectivity index (χ0) is 18.9. The van der Waals surface area contributed by atoms with Crippen LogP contribution in [0.4, 0.5) is 5.69 Å². The van der Waals surface area contributed by atoms with E-state index in [0.29, 0.717) is 5.75 Å². The van der Waals surface area contributed by atoms with Gasteiger partial charge in [-0.25, -0.2) is 0 Å². The zero-order valence-electron chi connectivity index (χ0n) is 16.2. The number of methoxy groups -OCH3 is 1. The van der Waals surface area contributed by atoms with Crippen molar-refractivity contribution in [2.75, 3.05) is 19.5 Å². The van der Waals surface area contributed by atoms with Gasteiger partial charge in [-0.15, -0.1) is 23.8 Å². The maximum Gasteiger partial charge on any atom is 2.00 e. The Balaban J connectivity index is 0.00000364. The second-order valence-electron chi connectivity index (χ2n) is 5.49. The van der Waals surface area contributed by atoms with Crippen molar-refractivity contribution >= 4 is 29.4 Å². The third-order valence-corrected chi connectivity index (χ3v) is 3.59. The van der Waals surface area contributed by atoms with E-state index in [1.54, 1.807) is 44.5 Å². The van der Waals surface area contributed by atoms with E-state index in [2.05, 4.69) is 11.4 Å². The molecule has 5 nitrogen and oxygen atoms in total. The molecule has 2 aromatic rings. The number of aromatic hydroxyl groups is 1. The summed E-state index contributed by atoms with van der Waals surface area (Å²) in [6.07, 6.45) is 5.75. The van der Waals surface area contributed by atoms with Crippen LogP contribution in [0.2, 0.25) is 0 Å². The van der Waals surface area contributed by atoms with Crippen molar-refractivity contribution in [3.63, 3.8) is 0 Å². The van der Waals surface area contributed by atoms with E-state index in [1.807, 2.05) is 12.1 Å². The SMILES string of the molecule is CNc1ccc(/C=C/C(=O)CC(=O)/C=C/c2c[c-]c(O)cc2)cc1OC.[CH3-].[U+2]. The Labute approximate surface area is 189 Å². The smallest absolute Gasteiger partial charge is 0.534 e. The minimum absolute atomic E-state index is 0. The summed E-state index contributed by atoms with van der Waals surface area (Å²) in [5.41, 5.74) is 2.37. The molecule has 2 N–H and O–H groups in total. The number of nitrogens with one attached hydrogen (secondary N) is 1. The molecule has 0 atom stereocenters. The molecule has 0 unspecified atom stereocenters. The fourth-order valence-corrected chi connectivity index (χ4v) is 2.22. The first-order chi connectivity index (χ1) is 12.5. The molecular formula is C22H23NO4U. The molecule has 28 heavy (non-hydrogen) atoms.